The standard InChI is InChI=1S/C24H28N2O5/c1-14(12-22(27)26-16(3)15(2)23(28)29)25-24(30)31-13-21-19-10-6-4-8-17(19)18-9-5-7-11-20(18)21/h4-11,14-16,21H,12-13H2,1-3H3,(H,25,30)(H,26,27)(H,28,29)/t14-,15?,16?/m1/s1. The van der Waals surface area contributed by atoms with Crippen molar-refractivity contribution in [2.75, 3.05) is 6.61 Å². The third-order valence-electron chi connectivity index (χ3n) is 5.73. The van der Waals surface area contributed by atoms with Crippen molar-refractivity contribution in [2.45, 2.75) is 45.2 Å². The number of hydrogen-bond acceptors (Lipinski definition) is 4. The van der Waals surface area contributed by atoms with Crippen LogP contribution in [0.5, 0.6) is 0 Å². The quantitative estimate of drug-likeness (QED) is 0.601. The number of rotatable bonds is 8. The highest BCUT2D eigenvalue weighted by Crippen LogP contribution is 2.44. The van der Waals surface area contributed by atoms with Gasteiger partial charge in [-0.2, -0.15) is 0 Å². The maximum absolute atomic E-state index is 12.3. The van der Waals surface area contributed by atoms with Crippen LogP contribution in [-0.2, 0) is 14.3 Å². The van der Waals surface area contributed by atoms with Gasteiger partial charge in [0.1, 0.15) is 6.61 Å². The maximum Gasteiger partial charge on any atom is 0.407 e. The van der Waals surface area contributed by atoms with Crippen molar-refractivity contribution < 1.29 is 24.2 Å². The Kier molecular flexibility index (Phi) is 6.95. The Morgan fingerprint density at radius 3 is 2.03 bits per heavy atom. The molecule has 0 aromatic heterocycles. The molecule has 0 saturated carbocycles. The molecule has 2 aromatic carbocycles. The average molecular weight is 424 g/mol. The first kappa shape index (κ1) is 22.3. The van der Waals surface area contributed by atoms with Crippen molar-refractivity contribution in [2.24, 2.45) is 5.92 Å². The molecule has 3 N–H and O–H groups in total. The Morgan fingerprint density at radius 1 is 0.935 bits per heavy atom. The third kappa shape index (κ3) is 5.23. The van der Waals surface area contributed by atoms with Crippen LogP contribution in [0.3, 0.4) is 0 Å². The number of aliphatic carboxylic acids is 1. The van der Waals surface area contributed by atoms with Gasteiger partial charge < -0.3 is 20.5 Å². The van der Waals surface area contributed by atoms with Gasteiger partial charge in [-0.3, -0.25) is 9.59 Å². The van der Waals surface area contributed by atoms with Gasteiger partial charge in [0.2, 0.25) is 5.91 Å². The van der Waals surface area contributed by atoms with Crippen molar-refractivity contribution in [1.29, 1.82) is 0 Å². The van der Waals surface area contributed by atoms with Crippen LogP contribution in [0.15, 0.2) is 48.5 Å². The Morgan fingerprint density at radius 2 is 1.48 bits per heavy atom. The molecule has 2 amide bonds. The minimum absolute atomic E-state index is 0.0286. The third-order valence-corrected chi connectivity index (χ3v) is 5.73. The smallest absolute Gasteiger partial charge is 0.407 e. The molecule has 0 spiro atoms. The van der Waals surface area contributed by atoms with E-state index in [1.807, 2.05) is 36.4 Å². The van der Waals surface area contributed by atoms with Gasteiger partial charge in [-0.1, -0.05) is 48.5 Å². The summed E-state index contributed by atoms with van der Waals surface area (Å²) in [6.45, 7) is 5.07. The van der Waals surface area contributed by atoms with Crippen molar-refractivity contribution in [1.82, 2.24) is 10.6 Å². The Bertz CT molecular complexity index is 928. The number of benzene rings is 2. The van der Waals surface area contributed by atoms with E-state index in [4.69, 9.17) is 9.84 Å². The molecule has 0 saturated heterocycles. The lowest BCUT2D eigenvalue weighted by Crippen LogP contribution is -2.43. The van der Waals surface area contributed by atoms with Crippen molar-refractivity contribution in [3.63, 3.8) is 0 Å². The van der Waals surface area contributed by atoms with Crippen LogP contribution >= 0.6 is 0 Å². The predicted molar refractivity (Wildman–Crippen MR) is 117 cm³/mol. The number of amides is 2. The van der Waals surface area contributed by atoms with Gasteiger partial charge in [-0.05, 0) is 43.0 Å². The summed E-state index contributed by atoms with van der Waals surface area (Å²) < 4.78 is 5.48. The summed E-state index contributed by atoms with van der Waals surface area (Å²) in [4.78, 5) is 35.4. The number of carbonyl (C=O) groups is 3. The second-order valence-electron chi connectivity index (χ2n) is 8.06. The molecule has 2 unspecified atom stereocenters. The summed E-state index contributed by atoms with van der Waals surface area (Å²) in [5, 5.41) is 14.3. The molecular formula is C24H28N2O5. The molecule has 0 radical (unpaired) electrons. The Hall–Kier alpha value is -3.35. The maximum atomic E-state index is 12.3. The topological polar surface area (TPSA) is 105 Å². The van der Waals surface area contributed by atoms with Crippen molar-refractivity contribution >= 4 is 18.0 Å². The van der Waals surface area contributed by atoms with E-state index in [2.05, 4.69) is 22.8 Å². The first-order valence-corrected chi connectivity index (χ1v) is 10.4. The van der Waals surface area contributed by atoms with E-state index in [1.165, 1.54) is 6.92 Å². The zero-order chi connectivity index (χ0) is 22.5. The van der Waals surface area contributed by atoms with Crippen LogP contribution in [0, 0.1) is 5.92 Å². The molecule has 0 fully saturated rings. The molecule has 1 aliphatic carbocycles. The summed E-state index contributed by atoms with van der Waals surface area (Å²) in [7, 11) is 0. The second kappa shape index (κ2) is 9.64. The molecule has 3 rings (SSSR count). The number of ether oxygens (including phenoxy) is 1. The number of fused-ring (bicyclic) bond motifs is 3. The van der Waals surface area contributed by atoms with Crippen LogP contribution in [0.4, 0.5) is 4.79 Å². The first-order chi connectivity index (χ1) is 14.8. The molecule has 0 bridgehead atoms. The Balaban J connectivity index is 1.51. The minimum Gasteiger partial charge on any atom is -0.481 e. The summed E-state index contributed by atoms with van der Waals surface area (Å²) in [5.41, 5.74) is 4.57. The molecule has 31 heavy (non-hydrogen) atoms. The number of carbonyl (C=O) groups excluding carboxylic acids is 2. The van der Waals surface area contributed by atoms with E-state index >= 15 is 0 Å². The zero-order valence-electron chi connectivity index (χ0n) is 17.9. The average Bonchev–Trinajstić information content (AvgIpc) is 3.05. The fourth-order valence-electron chi connectivity index (χ4n) is 3.82. The molecule has 7 nitrogen and oxygen atoms in total. The van der Waals surface area contributed by atoms with Crippen LogP contribution in [0.1, 0.15) is 44.2 Å². The number of carboxylic acids is 1. The predicted octanol–water partition coefficient (Wildman–Crippen LogP) is 3.53. The molecule has 1 aliphatic rings. The minimum atomic E-state index is -0.974. The number of alkyl carbamates (subject to hydrolysis) is 1. The van der Waals surface area contributed by atoms with Gasteiger partial charge in [0.15, 0.2) is 0 Å². The van der Waals surface area contributed by atoms with E-state index in [9.17, 15) is 14.4 Å². The zero-order valence-corrected chi connectivity index (χ0v) is 17.9. The highest BCUT2D eigenvalue weighted by molar-refractivity contribution is 5.80. The van der Waals surface area contributed by atoms with Crippen LogP contribution in [-0.4, -0.2) is 41.8 Å². The van der Waals surface area contributed by atoms with Crippen molar-refractivity contribution in [3.05, 3.63) is 59.7 Å². The summed E-state index contributed by atoms with van der Waals surface area (Å²) >= 11 is 0. The largest absolute Gasteiger partial charge is 0.481 e. The lowest BCUT2D eigenvalue weighted by Gasteiger charge is -2.20. The van der Waals surface area contributed by atoms with Crippen LogP contribution < -0.4 is 10.6 Å². The normalized spacial score (nSPS) is 15.2. The van der Waals surface area contributed by atoms with E-state index < -0.39 is 30.1 Å². The lowest BCUT2D eigenvalue weighted by atomic mass is 9.98. The molecule has 2 aromatic rings. The molecular weight excluding hydrogens is 396 g/mol. The summed E-state index contributed by atoms with van der Waals surface area (Å²) in [6.07, 6.45) is -0.560. The Labute approximate surface area is 181 Å². The fourth-order valence-corrected chi connectivity index (χ4v) is 3.82. The van der Waals surface area contributed by atoms with Gasteiger partial charge in [0.05, 0.1) is 5.92 Å². The van der Waals surface area contributed by atoms with E-state index in [1.54, 1.807) is 13.8 Å². The summed E-state index contributed by atoms with van der Waals surface area (Å²) in [6, 6.07) is 15.2. The van der Waals surface area contributed by atoms with Crippen molar-refractivity contribution in [3.8, 4) is 11.1 Å². The summed E-state index contributed by atoms with van der Waals surface area (Å²) in [5.74, 6) is -2.03. The number of nitrogens with one attached hydrogen (secondary N) is 2. The molecule has 164 valence electrons. The highest BCUT2D eigenvalue weighted by atomic mass is 16.5. The molecule has 0 aliphatic heterocycles. The van der Waals surface area contributed by atoms with Crippen LogP contribution in [0.2, 0.25) is 0 Å². The molecule has 3 atom stereocenters. The fraction of sp³-hybridized carbons (Fsp3) is 0.375. The van der Waals surface area contributed by atoms with Gasteiger partial charge in [0.25, 0.3) is 0 Å². The molecule has 0 heterocycles. The van der Waals surface area contributed by atoms with Gasteiger partial charge >= 0.3 is 12.1 Å². The van der Waals surface area contributed by atoms with E-state index in [0.717, 1.165) is 22.3 Å². The van der Waals surface area contributed by atoms with Crippen LogP contribution in [0.25, 0.3) is 11.1 Å². The highest BCUT2D eigenvalue weighted by Gasteiger charge is 2.29. The lowest BCUT2D eigenvalue weighted by molar-refractivity contribution is -0.142. The van der Waals surface area contributed by atoms with Gasteiger partial charge in [0, 0.05) is 24.4 Å². The van der Waals surface area contributed by atoms with Gasteiger partial charge in [-0.15, -0.1) is 0 Å². The van der Waals surface area contributed by atoms with E-state index in [-0.39, 0.29) is 24.9 Å². The SMILES string of the molecule is CC(NC(=O)C[C@@H](C)NC(=O)OCC1c2ccccc2-c2ccccc21)C(C)C(=O)O. The second-order valence-corrected chi connectivity index (χ2v) is 8.06. The van der Waals surface area contributed by atoms with E-state index in [0.29, 0.717) is 0 Å². The number of carboxylic acid groups (broad SMARTS) is 1. The monoisotopic (exact) mass is 424 g/mol. The van der Waals surface area contributed by atoms with Gasteiger partial charge in [-0.25, -0.2) is 4.79 Å². The molecule has 7 heteroatoms. The first-order valence-electron chi connectivity index (χ1n) is 10.4. The number of hydrogen-bond donors (Lipinski definition) is 3.